The van der Waals surface area contributed by atoms with Crippen LogP contribution in [0.3, 0.4) is 0 Å². The van der Waals surface area contributed by atoms with E-state index in [-0.39, 0.29) is 6.04 Å². The van der Waals surface area contributed by atoms with E-state index in [9.17, 15) is 0 Å². The summed E-state index contributed by atoms with van der Waals surface area (Å²) in [5.41, 5.74) is 5.02. The van der Waals surface area contributed by atoms with Crippen LogP contribution in [-0.2, 0) is 6.54 Å². The lowest BCUT2D eigenvalue weighted by Gasteiger charge is -2.40. The van der Waals surface area contributed by atoms with Crippen molar-refractivity contribution in [2.75, 3.05) is 45.3 Å². The van der Waals surface area contributed by atoms with Gasteiger partial charge < -0.3 is 14.4 Å². The van der Waals surface area contributed by atoms with Crippen LogP contribution >= 0.6 is 0 Å². The lowest BCUT2D eigenvalue weighted by atomic mass is 10.0. The van der Waals surface area contributed by atoms with E-state index in [4.69, 9.17) is 9.47 Å². The molecule has 1 saturated heterocycles. The van der Waals surface area contributed by atoms with E-state index >= 15 is 0 Å². The Kier molecular flexibility index (Phi) is 7.90. The second-order valence-corrected chi connectivity index (χ2v) is 9.67. The molecule has 188 valence electrons. The number of benzene rings is 2. The molecule has 35 heavy (non-hydrogen) atoms. The van der Waals surface area contributed by atoms with Crippen LogP contribution < -0.4 is 14.4 Å². The summed E-state index contributed by atoms with van der Waals surface area (Å²) in [6, 6.07) is 12.5. The molecule has 1 aliphatic rings. The number of aryl methyl sites for hydroxylation is 2. The third-order valence-corrected chi connectivity index (χ3v) is 7.05. The van der Waals surface area contributed by atoms with E-state index < -0.39 is 0 Å². The number of piperazine rings is 1. The SMILES string of the molecule is COc1cccc(C(c2nnnn2CCC(C)C)N2CCN(c3cccc(C)c3C)CC2)c1OC. The zero-order chi connectivity index (χ0) is 24.9. The standard InChI is InChI=1S/C27H38N6O2/c1-19(2)13-14-33-27(28-29-30-33)25(22-10-8-12-24(34-5)26(22)35-6)32-17-15-31(16-18-32)23-11-7-9-20(3)21(23)4/h7-12,19,25H,13-18H2,1-6H3. The van der Waals surface area contributed by atoms with Crippen molar-refractivity contribution < 1.29 is 9.47 Å². The number of methoxy groups -OCH3 is 2. The summed E-state index contributed by atoms with van der Waals surface area (Å²) in [6.07, 6.45) is 1.01. The van der Waals surface area contributed by atoms with Crippen molar-refractivity contribution in [3.05, 3.63) is 58.9 Å². The lowest BCUT2D eigenvalue weighted by molar-refractivity contribution is 0.195. The largest absolute Gasteiger partial charge is 0.493 e. The molecule has 0 N–H and O–H groups in total. The normalized spacial score (nSPS) is 15.5. The summed E-state index contributed by atoms with van der Waals surface area (Å²) in [5, 5.41) is 13.0. The third-order valence-electron chi connectivity index (χ3n) is 7.05. The second-order valence-electron chi connectivity index (χ2n) is 9.67. The molecule has 1 aliphatic heterocycles. The molecule has 0 saturated carbocycles. The highest BCUT2D eigenvalue weighted by atomic mass is 16.5. The maximum atomic E-state index is 5.85. The van der Waals surface area contributed by atoms with Crippen molar-refractivity contribution >= 4 is 5.69 Å². The van der Waals surface area contributed by atoms with Gasteiger partial charge in [-0.05, 0) is 59.9 Å². The number of hydrogen-bond acceptors (Lipinski definition) is 7. The van der Waals surface area contributed by atoms with Gasteiger partial charge in [-0.1, -0.05) is 38.1 Å². The molecule has 4 rings (SSSR count). The Labute approximate surface area is 208 Å². The van der Waals surface area contributed by atoms with Crippen molar-refractivity contribution in [1.82, 2.24) is 25.1 Å². The first-order valence-corrected chi connectivity index (χ1v) is 12.5. The van der Waals surface area contributed by atoms with Gasteiger partial charge in [-0.15, -0.1) is 5.10 Å². The minimum absolute atomic E-state index is 0.136. The maximum absolute atomic E-state index is 5.85. The van der Waals surface area contributed by atoms with Crippen LogP contribution in [0.1, 0.15) is 48.8 Å². The van der Waals surface area contributed by atoms with Crippen molar-refractivity contribution in [2.45, 2.75) is 46.7 Å². The molecule has 3 aromatic rings. The topological polar surface area (TPSA) is 68.5 Å². The molecule has 1 fully saturated rings. The van der Waals surface area contributed by atoms with Gasteiger partial charge in [0.15, 0.2) is 17.3 Å². The van der Waals surface area contributed by atoms with E-state index in [0.717, 1.165) is 56.3 Å². The van der Waals surface area contributed by atoms with Crippen molar-refractivity contribution in [3.8, 4) is 11.5 Å². The minimum Gasteiger partial charge on any atom is -0.493 e. The molecule has 8 nitrogen and oxygen atoms in total. The zero-order valence-electron chi connectivity index (χ0n) is 21.9. The first kappa shape index (κ1) is 25.0. The molecule has 1 aromatic heterocycles. The van der Waals surface area contributed by atoms with E-state index in [0.29, 0.717) is 11.7 Å². The molecule has 0 amide bonds. The van der Waals surface area contributed by atoms with Gasteiger partial charge in [-0.3, -0.25) is 4.90 Å². The van der Waals surface area contributed by atoms with Crippen LogP contribution in [0.15, 0.2) is 36.4 Å². The predicted octanol–water partition coefficient (Wildman–Crippen LogP) is 4.26. The molecule has 1 unspecified atom stereocenters. The highest BCUT2D eigenvalue weighted by Crippen LogP contribution is 2.40. The van der Waals surface area contributed by atoms with E-state index in [1.807, 2.05) is 16.8 Å². The highest BCUT2D eigenvalue weighted by molar-refractivity contribution is 5.56. The fraction of sp³-hybridized carbons (Fsp3) is 0.519. The highest BCUT2D eigenvalue weighted by Gasteiger charge is 2.33. The molecule has 0 aliphatic carbocycles. The van der Waals surface area contributed by atoms with E-state index in [1.165, 1.54) is 16.8 Å². The summed E-state index contributed by atoms with van der Waals surface area (Å²) < 4.78 is 13.4. The molecule has 2 heterocycles. The van der Waals surface area contributed by atoms with Gasteiger partial charge in [-0.25, -0.2) is 4.68 Å². The fourth-order valence-electron chi connectivity index (χ4n) is 4.87. The quantitative estimate of drug-likeness (QED) is 0.455. The molecule has 8 heteroatoms. The first-order valence-electron chi connectivity index (χ1n) is 12.5. The van der Waals surface area contributed by atoms with Gasteiger partial charge in [0.1, 0.15) is 6.04 Å². The van der Waals surface area contributed by atoms with Crippen LogP contribution in [0.4, 0.5) is 5.69 Å². The monoisotopic (exact) mass is 478 g/mol. The number of rotatable bonds is 9. The molecule has 0 bridgehead atoms. The van der Waals surface area contributed by atoms with Gasteiger partial charge in [0.05, 0.1) is 14.2 Å². The van der Waals surface area contributed by atoms with Gasteiger partial charge in [0, 0.05) is 44.0 Å². The Balaban J connectivity index is 1.68. The second kappa shape index (κ2) is 11.1. The van der Waals surface area contributed by atoms with Gasteiger partial charge in [0.25, 0.3) is 0 Å². The molecule has 1 atom stereocenters. The Morgan fingerprint density at radius 1 is 0.943 bits per heavy atom. The average Bonchev–Trinajstić information content (AvgIpc) is 3.33. The van der Waals surface area contributed by atoms with E-state index in [1.54, 1.807) is 14.2 Å². The predicted molar refractivity (Wildman–Crippen MR) is 138 cm³/mol. The van der Waals surface area contributed by atoms with E-state index in [2.05, 4.69) is 77.3 Å². The van der Waals surface area contributed by atoms with Crippen LogP contribution in [0, 0.1) is 19.8 Å². The summed E-state index contributed by atoms with van der Waals surface area (Å²) in [4.78, 5) is 4.96. The van der Waals surface area contributed by atoms with Gasteiger partial charge in [0.2, 0.25) is 0 Å². The van der Waals surface area contributed by atoms with Crippen molar-refractivity contribution in [1.29, 1.82) is 0 Å². The Hall–Kier alpha value is -3.13. The number of aromatic nitrogens is 4. The Bertz CT molecular complexity index is 1120. The minimum atomic E-state index is -0.136. The molecule has 0 spiro atoms. The summed E-state index contributed by atoms with van der Waals surface area (Å²) in [6.45, 7) is 13.2. The molecule has 2 aromatic carbocycles. The number of ether oxygens (including phenoxy) is 2. The number of hydrogen-bond donors (Lipinski definition) is 0. The maximum Gasteiger partial charge on any atom is 0.173 e. The van der Waals surface area contributed by atoms with Gasteiger partial charge >= 0.3 is 0 Å². The van der Waals surface area contributed by atoms with Crippen molar-refractivity contribution in [3.63, 3.8) is 0 Å². The van der Waals surface area contributed by atoms with Crippen LogP contribution in [0.5, 0.6) is 11.5 Å². The zero-order valence-corrected chi connectivity index (χ0v) is 21.9. The van der Waals surface area contributed by atoms with Crippen molar-refractivity contribution in [2.24, 2.45) is 5.92 Å². The summed E-state index contributed by atoms with van der Waals surface area (Å²) in [7, 11) is 3.37. The van der Waals surface area contributed by atoms with Gasteiger partial charge in [-0.2, -0.15) is 0 Å². The molecule has 0 radical (unpaired) electrons. The number of tetrazole rings is 1. The van der Waals surface area contributed by atoms with Crippen LogP contribution in [0.25, 0.3) is 0 Å². The average molecular weight is 479 g/mol. The Morgan fingerprint density at radius 3 is 2.37 bits per heavy atom. The third kappa shape index (κ3) is 5.27. The lowest BCUT2D eigenvalue weighted by Crippen LogP contribution is -2.48. The summed E-state index contributed by atoms with van der Waals surface area (Å²) in [5.74, 6) is 2.86. The smallest absolute Gasteiger partial charge is 0.173 e. The van der Waals surface area contributed by atoms with Crippen LogP contribution in [0.2, 0.25) is 0 Å². The molecular formula is C27H38N6O2. The molecular weight excluding hydrogens is 440 g/mol. The number of nitrogens with zero attached hydrogens (tertiary/aromatic N) is 6. The number of para-hydroxylation sites is 1. The summed E-state index contributed by atoms with van der Waals surface area (Å²) >= 11 is 0. The Morgan fingerprint density at radius 2 is 1.69 bits per heavy atom. The fourth-order valence-corrected chi connectivity index (χ4v) is 4.87. The first-order chi connectivity index (χ1) is 16.9. The number of anilines is 1. The van der Waals surface area contributed by atoms with Crippen LogP contribution in [-0.4, -0.2) is 65.5 Å².